The van der Waals surface area contributed by atoms with Crippen molar-refractivity contribution in [3.8, 4) is 5.75 Å². The number of alkyl halides is 3. The van der Waals surface area contributed by atoms with Gasteiger partial charge in [-0.3, -0.25) is 9.78 Å². The van der Waals surface area contributed by atoms with Gasteiger partial charge in [-0.1, -0.05) is 12.1 Å². The number of aromatic nitrogens is 1. The lowest BCUT2D eigenvalue weighted by atomic mass is 10.1. The fourth-order valence-corrected chi connectivity index (χ4v) is 2.90. The number of ether oxygens (including phenoxy) is 1. The third-order valence-corrected chi connectivity index (χ3v) is 4.53. The lowest BCUT2D eigenvalue weighted by molar-refractivity contribution is -0.137. The molecular formula is C22H21F3N2O3. The van der Waals surface area contributed by atoms with Crippen molar-refractivity contribution in [3.05, 3.63) is 70.9 Å². The molecule has 0 aliphatic carbocycles. The fraction of sp³-hybridized carbons (Fsp3) is 0.273. The van der Waals surface area contributed by atoms with E-state index in [1.165, 1.54) is 12.1 Å². The average molecular weight is 418 g/mol. The van der Waals surface area contributed by atoms with Crippen LogP contribution in [-0.2, 0) is 6.18 Å². The molecule has 2 aromatic carbocycles. The molecular weight excluding hydrogens is 397 g/mol. The van der Waals surface area contributed by atoms with Crippen LogP contribution in [0, 0.1) is 13.8 Å². The summed E-state index contributed by atoms with van der Waals surface area (Å²) in [5, 5.41) is 13.5. The number of rotatable bonds is 6. The quantitative estimate of drug-likeness (QED) is 0.634. The molecule has 30 heavy (non-hydrogen) atoms. The van der Waals surface area contributed by atoms with Crippen molar-refractivity contribution in [1.82, 2.24) is 10.3 Å². The number of aryl methyl sites for hydroxylation is 2. The summed E-state index contributed by atoms with van der Waals surface area (Å²) in [6.07, 6.45) is -5.45. The first kappa shape index (κ1) is 21.6. The third kappa shape index (κ3) is 5.27. The second kappa shape index (κ2) is 8.71. The van der Waals surface area contributed by atoms with Crippen molar-refractivity contribution >= 4 is 16.8 Å². The molecule has 0 bridgehead atoms. The van der Waals surface area contributed by atoms with Gasteiger partial charge in [0.2, 0.25) is 0 Å². The molecule has 3 aromatic rings. The van der Waals surface area contributed by atoms with E-state index in [1.807, 2.05) is 25.1 Å². The van der Waals surface area contributed by atoms with E-state index >= 15 is 0 Å². The molecule has 0 aliphatic rings. The van der Waals surface area contributed by atoms with E-state index < -0.39 is 17.8 Å². The topological polar surface area (TPSA) is 71.5 Å². The molecule has 0 radical (unpaired) electrons. The van der Waals surface area contributed by atoms with E-state index in [0.29, 0.717) is 11.3 Å². The minimum absolute atomic E-state index is 0.0785. The van der Waals surface area contributed by atoms with Gasteiger partial charge < -0.3 is 15.2 Å². The van der Waals surface area contributed by atoms with Gasteiger partial charge in [0, 0.05) is 11.9 Å². The normalized spacial score (nSPS) is 12.6. The Kier molecular flexibility index (Phi) is 6.26. The van der Waals surface area contributed by atoms with Crippen LogP contribution in [0.2, 0.25) is 0 Å². The molecule has 0 fully saturated rings. The van der Waals surface area contributed by atoms with Crippen molar-refractivity contribution in [2.24, 2.45) is 0 Å². The first-order valence-electron chi connectivity index (χ1n) is 9.28. The minimum atomic E-state index is -4.42. The zero-order chi connectivity index (χ0) is 21.9. The molecule has 0 aliphatic heterocycles. The van der Waals surface area contributed by atoms with Crippen LogP contribution in [-0.4, -0.2) is 35.3 Å². The van der Waals surface area contributed by atoms with Crippen LogP contribution < -0.4 is 10.1 Å². The number of fused-ring (bicyclic) bond motifs is 1. The van der Waals surface area contributed by atoms with Gasteiger partial charge in [-0.15, -0.1) is 0 Å². The van der Waals surface area contributed by atoms with E-state index in [0.717, 1.165) is 28.6 Å². The molecule has 0 spiro atoms. The van der Waals surface area contributed by atoms with Crippen LogP contribution in [0.5, 0.6) is 5.75 Å². The molecule has 1 heterocycles. The predicted molar refractivity (Wildman–Crippen MR) is 106 cm³/mol. The van der Waals surface area contributed by atoms with Crippen LogP contribution in [0.3, 0.4) is 0 Å². The van der Waals surface area contributed by atoms with E-state index in [-0.39, 0.29) is 24.8 Å². The summed E-state index contributed by atoms with van der Waals surface area (Å²) in [5.41, 5.74) is 2.07. The molecule has 1 unspecified atom stereocenters. The van der Waals surface area contributed by atoms with E-state index in [9.17, 15) is 23.1 Å². The predicted octanol–water partition coefficient (Wildman–Crippen LogP) is 4.04. The summed E-state index contributed by atoms with van der Waals surface area (Å²) in [6, 6.07) is 11.7. The highest BCUT2D eigenvalue weighted by molar-refractivity contribution is 5.98. The maximum Gasteiger partial charge on any atom is 0.416 e. The molecule has 2 N–H and O–H groups in total. The Bertz CT molecular complexity index is 1050. The molecule has 8 heteroatoms. The van der Waals surface area contributed by atoms with Crippen LogP contribution in [0.4, 0.5) is 13.2 Å². The van der Waals surface area contributed by atoms with E-state index in [1.54, 1.807) is 13.0 Å². The first-order chi connectivity index (χ1) is 14.1. The van der Waals surface area contributed by atoms with Gasteiger partial charge in [0.05, 0.1) is 22.3 Å². The van der Waals surface area contributed by atoms with Crippen molar-refractivity contribution in [3.63, 3.8) is 0 Å². The minimum Gasteiger partial charge on any atom is -0.491 e. The number of nitrogens with zero attached hydrogens (tertiary/aromatic N) is 1. The van der Waals surface area contributed by atoms with Crippen molar-refractivity contribution < 1.29 is 27.8 Å². The molecule has 3 rings (SSSR count). The summed E-state index contributed by atoms with van der Waals surface area (Å²) in [6.45, 7) is 3.44. The number of hydrogen-bond donors (Lipinski definition) is 2. The smallest absolute Gasteiger partial charge is 0.416 e. The Hall–Kier alpha value is -3.13. The molecule has 1 aromatic heterocycles. The molecule has 158 valence electrons. The second-order valence-corrected chi connectivity index (χ2v) is 7.01. The summed E-state index contributed by atoms with van der Waals surface area (Å²) in [7, 11) is 0. The lowest BCUT2D eigenvalue weighted by Gasteiger charge is -2.15. The number of carbonyl (C=O) groups excluding carboxylic acids is 1. The molecule has 5 nitrogen and oxygen atoms in total. The van der Waals surface area contributed by atoms with Gasteiger partial charge in [-0.2, -0.15) is 13.2 Å². The SMILES string of the molecule is Cc1ccc2cc(C(=O)NCC(O)COc3ccc(C(F)(F)F)cc3)c(C)nc2c1. The van der Waals surface area contributed by atoms with Gasteiger partial charge in [0.25, 0.3) is 5.91 Å². The van der Waals surface area contributed by atoms with Gasteiger partial charge in [-0.05, 0) is 55.8 Å². The van der Waals surface area contributed by atoms with Gasteiger partial charge in [0.15, 0.2) is 0 Å². The molecule has 0 saturated carbocycles. The number of aliphatic hydroxyl groups is 1. The highest BCUT2D eigenvalue weighted by atomic mass is 19.4. The number of benzene rings is 2. The highest BCUT2D eigenvalue weighted by Gasteiger charge is 2.30. The molecule has 1 atom stereocenters. The largest absolute Gasteiger partial charge is 0.491 e. The van der Waals surface area contributed by atoms with Gasteiger partial charge in [-0.25, -0.2) is 0 Å². The second-order valence-electron chi connectivity index (χ2n) is 7.01. The van der Waals surface area contributed by atoms with Crippen LogP contribution in [0.1, 0.15) is 27.2 Å². The first-order valence-corrected chi connectivity index (χ1v) is 9.28. The summed E-state index contributed by atoms with van der Waals surface area (Å²) < 4.78 is 43.0. The van der Waals surface area contributed by atoms with Crippen LogP contribution >= 0.6 is 0 Å². The summed E-state index contributed by atoms with van der Waals surface area (Å²) in [5.74, 6) is -0.186. The maximum atomic E-state index is 12.6. The Labute approximate surface area is 171 Å². The number of halogens is 3. The van der Waals surface area contributed by atoms with Crippen molar-refractivity contribution in [1.29, 1.82) is 0 Å². The zero-order valence-corrected chi connectivity index (χ0v) is 16.5. The highest BCUT2D eigenvalue weighted by Crippen LogP contribution is 2.30. The third-order valence-electron chi connectivity index (χ3n) is 4.53. The summed E-state index contributed by atoms with van der Waals surface area (Å²) >= 11 is 0. The number of amides is 1. The Morgan fingerprint density at radius 3 is 2.50 bits per heavy atom. The van der Waals surface area contributed by atoms with E-state index in [4.69, 9.17) is 4.74 Å². The zero-order valence-electron chi connectivity index (χ0n) is 16.5. The summed E-state index contributed by atoms with van der Waals surface area (Å²) in [4.78, 5) is 16.9. The van der Waals surface area contributed by atoms with Gasteiger partial charge >= 0.3 is 6.18 Å². The lowest BCUT2D eigenvalue weighted by Crippen LogP contribution is -2.35. The Morgan fingerprint density at radius 2 is 1.83 bits per heavy atom. The van der Waals surface area contributed by atoms with E-state index in [2.05, 4.69) is 10.3 Å². The van der Waals surface area contributed by atoms with Crippen molar-refractivity contribution in [2.45, 2.75) is 26.1 Å². The molecule has 1 amide bonds. The number of pyridine rings is 1. The van der Waals surface area contributed by atoms with Crippen LogP contribution in [0.15, 0.2) is 48.5 Å². The number of hydrogen-bond acceptors (Lipinski definition) is 4. The standard InChI is InChI=1S/C22H21F3N2O3/c1-13-3-4-15-10-19(14(2)27-20(15)9-13)21(29)26-11-17(28)12-30-18-7-5-16(6-8-18)22(23,24)25/h3-10,17,28H,11-12H2,1-2H3,(H,26,29). The number of aliphatic hydroxyl groups excluding tert-OH is 1. The fourth-order valence-electron chi connectivity index (χ4n) is 2.90. The van der Waals surface area contributed by atoms with Crippen LogP contribution in [0.25, 0.3) is 10.9 Å². The van der Waals surface area contributed by atoms with Crippen molar-refractivity contribution in [2.75, 3.05) is 13.2 Å². The van der Waals surface area contributed by atoms with Gasteiger partial charge in [0.1, 0.15) is 18.5 Å². The average Bonchev–Trinajstić information content (AvgIpc) is 2.69. The molecule has 0 saturated heterocycles. The maximum absolute atomic E-state index is 12.6. The Morgan fingerprint density at radius 1 is 1.13 bits per heavy atom. The number of carbonyl (C=O) groups is 1. The monoisotopic (exact) mass is 418 g/mol. The number of nitrogens with one attached hydrogen (secondary N) is 1. The Balaban J connectivity index is 1.55.